The van der Waals surface area contributed by atoms with E-state index in [1.165, 1.54) is 12.8 Å². The van der Waals surface area contributed by atoms with Gasteiger partial charge in [0.2, 0.25) is 0 Å². The Balaban J connectivity index is 6.37. The summed E-state index contributed by atoms with van der Waals surface area (Å²) in [5.41, 5.74) is 6.64. The van der Waals surface area contributed by atoms with E-state index in [9.17, 15) is 0 Å². The first-order valence-electron chi connectivity index (χ1n) is 8.64. The van der Waals surface area contributed by atoms with Crippen LogP contribution in [0.3, 0.4) is 0 Å². The molecule has 0 heteroatoms. The molecule has 0 fully saturated rings. The van der Waals surface area contributed by atoms with E-state index in [-0.39, 0.29) is 0 Å². The van der Waals surface area contributed by atoms with E-state index in [2.05, 4.69) is 69.2 Å². The van der Waals surface area contributed by atoms with Gasteiger partial charge in [-0.25, -0.2) is 0 Å². The zero-order chi connectivity index (χ0) is 16.0. The van der Waals surface area contributed by atoms with Crippen LogP contribution in [0.4, 0.5) is 0 Å². The van der Waals surface area contributed by atoms with Crippen LogP contribution in [0.15, 0.2) is 22.3 Å². The van der Waals surface area contributed by atoms with Crippen LogP contribution in [0.2, 0.25) is 0 Å². The Labute approximate surface area is 128 Å². The number of allylic oxidation sites excluding steroid dienone is 4. The van der Waals surface area contributed by atoms with Gasteiger partial charge in [-0.1, -0.05) is 80.4 Å². The average Bonchev–Trinajstić information content (AvgIpc) is 2.31. The van der Waals surface area contributed by atoms with Crippen LogP contribution in [-0.2, 0) is 0 Å². The molecule has 0 unspecified atom stereocenters. The Morgan fingerprint density at radius 1 is 0.500 bits per heavy atom. The quantitative estimate of drug-likeness (QED) is 0.439. The summed E-state index contributed by atoms with van der Waals surface area (Å²) >= 11 is 0. The molecular formula is C20H38. The Kier molecular flexibility index (Phi) is 8.47. The summed E-state index contributed by atoms with van der Waals surface area (Å²) in [4.78, 5) is 0. The number of hydrogen-bond donors (Lipinski definition) is 0. The highest BCUT2D eigenvalue weighted by Crippen LogP contribution is 2.37. The fraction of sp³-hybridized carbons (Fsp3) is 0.800. The van der Waals surface area contributed by atoms with Gasteiger partial charge in [-0.05, 0) is 47.7 Å². The van der Waals surface area contributed by atoms with Gasteiger partial charge < -0.3 is 0 Å². The van der Waals surface area contributed by atoms with Gasteiger partial charge in [-0.15, -0.1) is 0 Å². The van der Waals surface area contributed by atoms with E-state index in [4.69, 9.17) is 0 Å². The normalized spacial score (nSPS) is 15.3. The largest absolute Gasteiger partial charge is 0.0642 e. The van der Waals surface area contributed by atoms with Gasteiger partial charge in [-0.2, -0.15) is 0 Å². The summed E-state index contributed by atoms with van der Waals surface area (Å²) in [7, 11) is 0. The lowest BCUT2D eigenvalue weighted by Crippen LogP contribution is -2.14. The molecule has 0 spiro atoms. The van der Waals surface area contributed by atoms with Crippen molar-refractivity contribution in [3.05, 3.63) is 22.3 Å². The van der Waals surface area contributed by atoms with Crippen molar-refractivity contribution < 1.29 is 0 Å². The maximum Gasteiger partial charge on any atom is -0.0216 e. The van der Waals surface area contributed by atoms with Gasteiger partial charge in [0.1, 0.15) is 0 Å². The van der Waals surface area contributed by atoms with E-state index in [0.29, 0.717) is 23.7 Å². The van der Waals surface area contributed by atoms with Crippen molar-refractivity contribution in [3.8, 4) is 0 Å². The molecule has 118 valence electrons. The Bertz CT molecular complexity index is 312. The topological polar surface area (TPSA) is 0 Å². The predicted octanol–water partition coefficient (Wildman–Crippen LogP) is 7.02. The SMILES string of the molecule is CCC(=C(C(=C(CC)C(C)C)C(C)C)C(C)C)C(C)C. The van der Waals surface area contributed by atoms with Gasteiger partial charge in [-0.3, -0.25) is 0 Å². The van der Waals surface area contributed by atoms with E-state index in [1.807, 2.05) is 0 Å². The third kappa shape index (κ3) is 4.79. The predicted molar refractivity (Wildman–Crippen MR) is 94.0 cm³/mol. The smallest absolute Gasteiger partial charge is 0.0216 e. The minimum Gasteiger partial charge on any atom is -0.0642 e. The van der Waals surface area contributed by atoms with Crippen molar-refractivity contribution >= 4 is 0 Å². The second-order valence-electron chi connectivity index (χ2n) is 7.20. The molecule has 0 atom stereocenters. The van der Waals surface area contributed by atoms with Gasteiger partial charge in [0, 0.05) is 0 Å². The number of rotatable bonds is 7. The lowest BCUT2D eigenvalue weighted by atomic mass is 9.76. The first-order chi connectivity index (χ1) is 9.18. The second kappa shape index (κ2) is 8.70. The zero-order valence-corrected chi connectivity index (χ0v) is 15.7. The third-order valence-corrected chi connectivity index (χ3v) is 4.29. The second-order valence-corrected chi connectivity index (χ2v) is 7.20. The lowest BCUT2D eigenvalue weighted by molar-refractivity contribution is 0.614. The van der Waals surface area contributed by atoms with E-state index in [0.717, 1.165) is 0 Å². The van der Waals surface area contributed by atoms with Crippen molar-refractivity contribution in [3.63, 3.8) is 0 Å². The van der Waals surface area contributed by atoms with Gasteiger partial charge in [0.25, 0.3) is 0 Å². The van der Waals surface area contributed by atoms with E-state index >= 15 is 0 Å². The maximum absolute atomic E-state index is 2.36. The molecule has 0 nitrogen and oxygen atoms in total. The molecule has 20 heavy (non-hydrogen) atoms. The van der Waals surface area contributed by atoms with E-state index < -0.39 is 0 Å². The fourth-order valence-corrected chi connectivity index (χ4v) is 3.53. The fourth-order valence-electron chi connectivity index (χ4n) is 3.53. The molecule has 0 N–H and O–H groups in total. The highest BCUT2D eigenvalue weighted by molar-refractivity contribution is 5.42. The highest BCUT2D eigenvalue weighted by Gasteiger charge is 2.22. The Morgan fingerprint density at radius 3 is 0.850 bits per heavy atom. The molecule has 0 radical (unpaired) electrons. The highest BCUT2D eigenvalue weighted by atomic mass is 14.3. The summed E-state index contributed by atoms with van der Waals surface area (Å²) in [5.74, 6) is 2.53. The minimum absolute atomic E-state index is 0.616. The molecule has 0 aromatic rings. The van der Waals surface area contributed by atoms with Gasteiger partial charge in [0.05, 0.1) is 0 Å². The molecule has 0 aromatic heterocycles. The molecule has 0 heterocycles. The zero-order valence-electron chi connectivity index (χ0n) is 15.7. The van der Waals surface area contributed by atoms with Crippen LogP contribution >= 0.6 is 0 Å². The van der Waals surface area contributed by atoms with Crippen molar-refractivity contribution in [2.75, 3.05) is 0 Å². The summed E-state index contributed by atoms with van der Waals surface area (Å²) in [6.45, 7) is 23.5. The molecule has 0 bridgehead atoms. The summed E-state index contributed by atoms with van der Waals surface area (Å²) < 4.78 is 0. The van der Waals surface area contributed by atoms with Crippen LogP contribution in [-0.4, -0.2) is 0 Å². The molecule has 0 aliphatic rings. The molecule has 0 amide bonds. The van der Waals surface area contributed by atoms with Gasteiger partial charge in [0.15, 0.2) is 0 Å². The third-order valence-electron chi connectivity index (χ3n) is 4.29. The Morgan fingerprint density at radius 2 is 0.750 bits per heavy atom. The van der Waals surface area contributed by atoms with Crippen LogP contribution < -0.4 is 0 Å². The molecule has 0 aromatic carbocycles. The van der Waals surface area contributed by atoms with Crippen LogP contribution in [0.1, 0.15) is 82.1 Å². The minimum atomic E-state index is 0.616. The number of hydrogen-bond acceptors (Lipinski definition) is 0. The van der Waals surface area contributed by atoms with Gasteiger partial charge >= 0.3 is 0 Å². The maximum atomic E-state index is 2.36. The lowest BCUT2D eigenvalue weighted by Gasteiger charge is -2.29. The van der Waals surface area contributed by atoms with E-state index in [1.54, 1.807) is 22.3 Å². The van der Waals surface area contributed by atoms with Crippen LogP contribution in [0.5, 0.6) is 0 Å². The average molecular weight is 279 g/mol. The van der Waals surface area contributed by atoms with Crippen LogP contribution in [0.25, 0.3) is 0 Å². The van der Waals surface area contributed by atoms with Crippen molar-refractivity contribution in [2.24, 2.45) is 23.7 Å². The molecule has 0 aliphatic carbocycles. The van der Waals surface area contributed by atoms with Crippen LogP contribution in [0, 0.1) is 23.7 Å². The molecule has 0 saturated heterocycles. The summed E-state index contributed by atoms with van der Waals surface area (Å²) in [5, 5.41) is 0. The molecule has 0 saturated carbocycles. The first kappa shape index (κ1) is 19.5. The first-order valence-corrected chi connectivity index (χ1v) is 8.64. The summed E-state index contributed by atoms with van der Waals surface area (Å²) in [6, 6.07) is 0. The standard InChI is InChI=1S/C20H38/c1-11-17(13(3)4)19(15(7)8)20(16(9)10)18(12-2)14(5)6/h13-16H,11-12H2,1-10H3. The molecule has 0 aliphatic heterocycles. The molecule has 0 rings (SSSR count). The monoisotopic (exact) mass is 278 g/mol. The summed E-state index contributed by atoms with van der Waals surface area (Å²) in [6.07, 6.45) is 2.35. The Hall–Kier alpha value is -0.520. The van der Waals surface area contributed by atoms with Crippen molar-refractivity contribution in [2.45, 2.75) is 82.1 Å². The van der Waals surface area contributed by atoms with Crippen molar-refractivity contribution in [1.82, 2.24) is 0 Å². The molecular weight excluding hydrogens is 240 g/mol. The van der Waals surface area contributed by atoms with Crippen molar-refractivity contribution in [1.29, 1.82) is 0 Å².